The van der Waals surface area contributed by atoms with Crippen LogP contribution in [0.4, 0.5) is 5.69 Å². The van der Waals surface area contributed by atoms with Crippen molar-refractivity contribution in [2.45, 2.75) is 32.0 Å². The van der Waals surface area contributed by atoms with E-state index in [9.17, 15) is 9.59 Å². The molecule has 2 aliphatic heterocycles. The highest BCUT2D eigenvalue weighted by Gasteiger charge is 2.45. The Bertz CT molecular complexity index is 959. The Kier molecular flexibility index (Phi) is 5.81. The lowest BCUT2D eigenvalue weighted by atomic mass is 9.96. The third kappa shape index (κ3) is 4.36. The van der Waals surface area contributed by atoms with Gasteiger partial charge in [-0.2, -0.15) is 0 Å². The van der Waals surface area contributed by atoms with Gasteiger partial charge in [0.25, 0.3) is 0 Å². The number of nitrogens with one attached hydrogen (secondary N) is 3. The molecular weight excluding hydrogens is 378 g/mol. The van der Waals surface area contributed by atoms with Crippen molar-refractivity contribution in [1.29, 1.82) is 0 Å². The highest BCUT2D eigenvalue weighted by Crippen LogP contribution is 2.29. The molecule has 156 valence electrons. The van der Waals surface area contributed by atoms with E-state index in [1.165, 1.54) is 12.5 Å². The molecule has 0 aliphatic carbocycles. The van der Waals surface area contributed by atoms with E-state index >= 15 is 0 Å². The van der Waals surface area contributed by atoms with Gasteiger partial charge in [-0.25, -0.2) is 0 Å². The molecule has 0 saturated carbocycles. The first-order valence-electron chi connectivity index (χ1n) is 10.3. The van der Waals surface area contributed by atoms with E-state index in [0.29, 0.717) is 26.2 Å². The largest absolute Gasteiger partial charge is 0.347 e. The molecule has 0 radical (unpaired) electrons. The van der Waals surface area contributed by atoms with Gasteiger partial charge >= 0.3 is 0 Å². The summed E-state index contributed by atoms with van der Waals surface area (Å²) in [6.45, 7) is 3.83. The number of likely N-dealkylation sites (tertiary alicyclic amines) is 1. The molecule has 30 heavy (non-hydrogen) atoms. The summed E-state index contributed by atoms with van der Waals surface area (Å²) in [5.41, 5.74) is 2.90. The van der Waals surface area contributed by atoms with Gasteiger partial charge in [0, 0.05) is 32.2 Å². The second-order valence-corrected chi connectivity index (χ2v) is 7.84. The Morgan fingerprint density at radius 3 is 2.70 bits per heavy atom. The van der Waals surface area contributed by atoms with Crippen LogP contribution in [0.5, 0.6) is 0 Å². The van der Waals surface area contributed by atoms with E-state index in [1.54, 1.807) is 4.90 Å². The summed E-state index contributed by atoms with van der Waals surface area (Å²) in [5.74, 6) is 0.575. The maximum Gasteiger partial charge on any atom is 0.242 e. The predicted octanol–water partition coefficient (Wildman–Crippen LogP) is 1.91. The fraction of sp³-hybridized carbons (Fsp3) is 0.348. The van der Waals surface area contributed by atoms with E-state index < -0.39 is 5.54 Å². The number of anilines is 1. The molecule has 0 aromatic heterocycles. The van der Waals surface area contributed by atoms with E-state index in [1.807, 2.05) is 30.3 Å². The predicted molar refractivity (Wildman–Crippen MR) is 117 cm³/mol. The highest BCUT2D eigenvalue weighted by molar-refractivity contribution is 6.04. The number of para-hydroxylation sites is 1. The van der Waals surface area contributed by atoms with Gasteiger partial charge in [0.05, 0.1) is 18.6 Å². The average Bonchev–Trinajstić information content (AvgIpc) is 3.13. The second kappa shape index (κ2) is 8.67. The Labute approximate surface area is 176 Å². The van der Waals surface area contributed by atoms with Crippen molar-refractivity contribution < 1.29 is 9.59 Å². The van der Waals surface area contributed by atoms with Gasteiger partial charge in [0.15, 0.2) is 0 Å². The maximum absolute atomic E-state index is 12.6. The van der Waals surface area contributed by atoms with Gasteiger partial charge in [0.1, 0.15) is 5.84 Å². The molecule has 2 amide bonds. The molecule has 1 fully saturated rings. The lowest BCUT2D eigenvalue weighted by molar-refractivity contribution is -0.131. The summed E-state index contributed by atoms with van der Waals surface area (Å²) in [6, 6.07) is 18.3. The minimum absolute atomic E-state index is 0.0234. The third-order valence-corrected chi connectivity index (χ3v) is 5.71. The second-order valence-electron chi connectivity index (χ2n) is 7.84. The Morgan fingerprint density at radius 2 is 1.90 bits per heavy atom. The molecule has 2 heterocycles. The molecule has 7 nitrogen and oxygen atoms in total. The first kappa shape index (κ1) is 20.1. The van der Waals surface area contributed by atoms with Crippen molar-refractivity contribution in [3.8, 4) is 0 Å². The first-order valence-corrected chi connectivity index (χ1v) is 10.3. The summed E-state index contributed by atoms with van der Waals surface area (Å²) in [4.78, 5) is 30.5. The van der Waals surface area contributed by atoms with Crippen LogP contribution in [0, 0.1) is 0 Å². The summed E-state index contributed by atoms with van der Waals surface area (Å²) < 4.78 is 0. The lowest BCUT2D eigenvalue weighted by Gasteiger charge is -2.30. The minimum atomic E-state index is -0.445. The monoisotopic (exact) mass is 405 g/mol. The van der Waals surface area contributed by atoms with Crippen LogP contribution in [-0.4, -0.2) is 47.7 Å². The van der Waals surface area contributed by atoms with E-state index in [0.717, 1.165) is 23.5 Å². The minimum Gasteiger partial charge on any atom is -0.347 e. The molecule has 3 N–H and O–H groups in total. The maximum atomic E-state index is 12.6. The fourth-order valence-electron chi connectivity index (χ4n) is 4.01. The van der Waals surface area contributed by atoms with Crippen LogP contribution in [-0.2, 0) is 22.7 Å². The summed E-state index contributed by atoms with van der Waals surface area (Å²) in [7, 11) is 0. The van der Waals surface area contributed by atoms with Crippen molar-refractivity contribution in [3.63, 3.8) is 0 Å². The van der Waals surface area contributed by atoms with Crippen LogP contribution in [0.1, 0.15) is 24.5 Å². The normalized spacial score (nSPS) is 21.8. The van der Waals surface area contributed by atoms with Gasteiger partial charge in [-0.1, -0.05) is 48.5 Å². The standard InChI is InChI=1S/C23H27N5O2/c1-17(29)24-15-21(30)28-12-11-23(16-28)22(25-13-18-7-3-2-4-8-18)27-20-10-6-5-9-19(20)14-26-23/h2-10,26H,11-16H2,1H3,(H,24,29)(H,25,27)/t23-/m0/s1. The molecule has 7 heteroatoms. The van der Waals surface area contributed by atoms with Crippen molar-refractivity contribution in [3.05, 3.63) is 65.7 Å². The number of rotatable bonds is 4. The van der Waals surface area contributed by atoms with Gasteiger partial charge in [0.2, 0.25) is 11.8 Å². The number of aliphatic imine (C=N–C) groups is 1. The third-order valence-electron chi connectivity index (χ3n) is 5.71. The van der Waals surface area contributed by atoms with Crippen molar-refractivity contribution in [1.82, 2.24) is 15.5 Å². The van der Waals surface area contributed by atoms with Crippen molar-refractivity contribution in [2.24, 2.45) is 4.99 Å². The smallest absolute Gasteiger partial charge is 0.242 e. The van der Waals surface area contributed by atoms with Gasteiger partial charge < -0.3 is 15.5 Å². The highest BCUT2D eigenvalue weighted by atomic mass is 16.2. The summed E-state index contributed by atoms with van der Waals surface area (Å²) >= 11 is 0. The number of nitrogens with zero attached hydrogens (tertiary/aromatic N) is 2. The molecule has 1 saturated heterocycles. The molecule has 2 aromatic carbocycles. The molecule has 2 aromatic rings. The van der Waals surface area contributed by atoms with Crippen LogP contribution in [0.25, 0.3) is 0 Å². The number of carbonyl (C=O) groups excluding carboxylic acids is 2. The summed E-state index contributed by atoms with van der Waals surface area (Å²) in [6.07, 6.45) is 0.757. The molecule has 0 unspecified atom stereocenters. The topological polar surface area (TPSA) is 85.8 Å². The molecular formula is C23H27N5O2. The number of hydrogen-bond acceptors (Lipinski definition) is 4. The van der Waals surface area contributed by atoms with E-state index in [-0.39, 0.29) is 18.4 Å². The molecule has 0 bridgehead atoms. The Balaban J connectivity index is 1.59. The number of carbonyl (C=O) groups is 2. The number of fused-ring (bicyclic) bond motifs is 1. The van der Waals surface area contributed by atoms with E-state index in [2.05, 4.69) is 40.2 Å². The zero-order valence-electron chi connectivity index (χ0n) is 17.1. The quantitative estimate of drug-likeness (QED) is 0.725. The van der Waals surface area contributed by atoms with Crippen LogP contribution >= 0.6 is 0 Å². The SMILES string of the molecule is CC(=O)NCC(=O)N1CC[C@@]2(C1)NCc1ccccc1NC2=NCc1ccccc1. The van der Waals surface area contributed by atoms with Crippen LogP contribution in [0.15, 0.2) is 59.6 Å². The van der Waals surface area contributed by atoms with Crippen LogP contribution < -0.4 is 16.0 Å². The van der Waals surface area contributed by atoms with Gasteiger partial charge in [-0.3, -0.25) is 19.9 Å². The first-order chi connectivity index (χ1) is 14.6. The Morgan fingerprint density at radius 1 is 1.13 bits per heavy atom. The van der Waals surface area contributed by atoms with E-state index in [4.69, 9.17) is 4.99 Å². The molecule has 2 aliphatic rings. The number of amides is 2. The number of hydrogen-bond donors (Lipinski definition) is 3. The molecule has 4 rings (SSSR count). The van der Waals surface area contributed by atoms with Crippen LogP contribution in [0.2, 0.25) is 0 Å². The zero-order chi connectivity index (χ0) is 21.0. The number of benzene rings is 2. The van der Waals surface area contributed by atoms with Gasteiger partial charge in [-0.15, -0.1) is 0 Å². The molecule has 1 spiro atoms. The Hall–Kier alpha value is -3.19. The molecule has 1 atom stereocenters. The number of amidine groups is 1. The fourth-order valence-corrected chi connectivity index (χ4v) is 4.01. The lowest BCUT2D eigenvalue weighted by Crippen LogP contribution is -2.55. The zero-order valence-corrected chi connectivity index (χ0v) is 17.1. The van der Waals surface area contributed by atoms with Crippen LogP contribution in [0.3, 0.4) is 0 Å². The van der Waals surface area contributed by atoms with Crippen molar-refractivity contribution in [2.75, 3.05) is 25.0 Å². The van der Waals surface area contributed by atoms with Crippen molar-refractivity contribution >= 4 is 23.3 Å². The van der Waals surface area contributed by atoms with Gasteiger partial charge in [-0.05, 0) is 23.6 Å². The average molecular weight is 406 g/mol. The summed E-state index contributed by atoms with van der Waals surface area (Å²) in [5, 5.41) is 9.83.